The van der Waals surface area contributed by atoms with Gasteiger partial charge in [-0.3, -0.25) is 4.79 Å². The second-order valence-corrected chi connectivity index (χ2v) is 5.99. The maximum absolute atomic E-state index is 10.4. The number of aliphatic hydroxyl groups excluding tert-OH is 1. The number of hydrogen-bond acceptors (Lipinski definition) is 5. The molecule has 0 spiro atoms. The predicted octanol–water partition coefficient (Wildman–Crippen LogP) is 3.67. The van der Waals surface area contributed by atoms with E-state index in [1.54, 1.807) is 22.7 Å². The minimum Gasteiger partial charge on any atom is -0.460 e. The van der Waals surface area contributed by atoms with Gasteiger partial charge in [0.15, 0.2) is 0 Å². The quantitative estimate of drug-likeness (QED) is 0.880. The maximum atomic E-state index is 10.4. The molecule has 0 amide bonds. The summed E-state index contributed by atoms with van der Waals surface area (Å²) in [7, 11) is 0. The molecule has 0 aliphatic carbocycles. The molecule has 0 aliphatic rings. The Labute approximate surface area is 121 Å². The van der Waals surface area contributed by atoms with Gasteiger partial charge in [-0.25, -0.2) is 0 Å². The summed E-state index contributed by atoms with van der Waals surface area (Å²) in [5.74, 6) is -0.224. The average Bonchev–Trinajstić information content (AvgIpc) is 2.96. The van der Waals surface area contributed by atoms with Crippen LogP contribution in [-0.4, -0.2) is 11.1 Å². The van der Waals surface area contributed by atoms with Crippen molar-refractivity contribution in [1.29, 1.82) is 0 Å². The molecule has 2 aromatic heterocycles. The van der Waals surface area contributed by atoms with Gasteiger partial charge in [0, 0.05) is 16.7 Å². The number of hydrogen-bond donors (Lipinski definition) is 1. The number of rotatable bonds is 3. The first kappa shape index (κ1) is 15.9. The average molecular weight is 298 g/mol. The Bertz CT molecular complexity index is 514. The van der Waals surface area contributed by atoms with Crippen LogP contribution in [0.15, 0.2) is 22.9 Å². The molecule has 0 aromatic carbocycles. The van der Waals surface area contributed by atoms with Gasteiger partial charge in [-0.05, 0) is 47.9 Å². The summed E-state index contributed by atoms with van der Waals surface area (Å²) in [6.45, 7) is 6.03. The minimum atomic E-state index is -0.224. The van der Waals surface area contributed by atoms with Gasteiger partial charge in [0.2, 0.25) is 0 Å². The van der Waals surface area contributed by atoms with Gasteiger partial charge >= 0.3 is 5.97 Å². The molecule has 0 saturated carbocycles. The van der Waals surface area contributed by atoms with E-state index in [0.717, 1.165) is 9.75 Å². The summed E-state index contributed by atoms with van der Waals surface area (Å²) in [4.78, 5) is 12.6. The van der Waals surface area contributed by atoms with Gasteiger partial charge in [0.05, 0.1) is 6.61 Å². The molecule has 0 bridgehead atoms. The molecular formula is C14H18O3S2. The summed E-state index contributed by atoms with van der Waals surface area (Å²) in [5.41, 5.74) is 2.38. The van der Waals surface area contributed by atoms with Gasteiger partial charge in [0.25, 0.3) is 0 Å². The number of thiophene rings is 2. The van der Waals surface area contributed by atoms with Gasteiger partial charge in [-0.1, -0.05) is 0 Å². The zero-order valence-corrected chi connectivity index (χ0v) is 12.9. The van der Waals surface area contributed by atoms with E-state index in [1.807, 2.05) is 36.7 Å². The number of carbonyl (C=O) groups excluding carboxylic acids is 1. The third kappa shape index (κ3) is 5.55. The highest BCUT2D eigenvalue weighted by atomic mass is 32.1. The van der Waals surface area contributed by atoms with E-state index in [1.165, 1.54) is 18.1 Å². The van der Waals surface area contributed by atoms with Crippen LogP contribution in [0.5, 0.6) is 0 Å². The summed E-state index contributed by atoms with van der Waals surface area (Å²) < 4.78 is 4.84. The number of aryl methyl sites for hydroxylation is 2. The Hall–Kier alpha value is -1.17. The number of aliphatic hydroxyl groups is 1. The standard InChI is InChI=1S/C8H10O2S.C6H8OS/c1-6-3-4-11-8(6)5-10-7(2)9;1-5-2-3-8-6(5)4-7/h3-4H,5H2,1-2H3;2-3,7H,4H2,1H3. The van der Waals surface area contributed by atoms with E-state index in [2.05, 4.69) is 0 Å². The second-order valence-electron chi connectivity index (χ2n) is 3.99. The number of ether oxygens (including phenoxy) is 1. The molecule has 2 heterocycles. The van der Waals surface area contributed by atoms with Crippen LogP contribution >= 0.6 is 22.7 Å². The van der Waals surface area contributed by atoms with E-state index in [9.17, 15) is 4.79 Å². The van der Waals surface area contributed by atoms with Crippen LogP contribution in [0.2, 0.25) is 0 Å². The lowest BCUT2D eigenvalue weighted by Gasteiger charge is -1.99. The van der Waals surface area contributed by atoms with Crippen molar-refractivity contribution in [3.05, 3.63) is 43.8 Å². The van der Waals surface area contributed by atoms with E-state index in [0.29, 0.717) is 6.61 Å². The fourth-order valence-electron chi connectivity index (χ4n) is 1.29. The van der Waals surface area contributed by atoms with E-state index in [4.69, 9.17) is 9.84 Å². The first-order valence-electron chi connectivity index (χ1n) is 5.84. The monoisotopic (exact) mass is 298 g/mol. The van der Waals surface area contributed by atoms with Crippen molar-refractivity contribution in [3.8, 4) is 0 Å². The molecule has 0 saturated heterocycles. The van der Waals surface area contributed by atoms with Gasteiger partial charge < -0.3 is 9.84 Å². The Balaban J connectivity index is 0.000000200. The zero-order chi connectivity index (χ0) is 14.3. The lowest BCUT2D eigenvalue weighted by Crippen LogP contribution is -1.97. The molecule has 0 radical (unpaired) electrons. The van der Waals surface area contributed by atoms with Crippen molar-refractivity contribution in [2.24, 2.45) is 0 Å². The lowest BCUT2D eigenvalue weighted by atomic mass is 10.3. The van der Waals surface area contributed by atoms with E-state index in [-0.39, 0.29) is 12.6 Å². The first-order valence-corrected chi connectivity index (χ1v) is 7.60. The smallest absolute Gasteiger partial charge is 0.302 e. The van der Waals surface area contributed by atoms with Crippen LogP contribution in [0.25, 0.3) is 0 Å². The SMILES string of the molecule is CC(=O)OCc1sccc1C.Cc1ccsc1CO. The predicted molar refractivity (Wildman–Crippen MR) is 79.5 cm³/mol. The Morgan fingerprint density at radius 3 is 2.00 bits per heavy atom. The molecule has 1 N–H and O–H groups in total. The van der Waals surface area contributed by atoms with Crippen molar-refractivity contribution < 1.29 is 14.6 Å². The van der Waals surface area contributed by atoms with E-state index < -0.39 is 0 Å². The Kier molecular flexibility index (Phi) is 6.77. The highest BCUT2D eigenvalue weighted by molar-refractivity contribution is 7.10. The van der Waals surface area contributed by atoms with Crippen molar-refractivity contribution in [1.82, 2.24) is 0 Å². The maximum Gasteiger partial charge on any atom is 0.302 e. The topological polar surface area (TPSA) is 46.5 Å². The summed E-state index contributed by atoms with van der Waals surface area (Å²) in [6.07, 6.45) is 0. The van der Waals surface area contributed by atoms with Crippen LogP contribution in [0, 0.1) is 13.8 Å². The lowest BCUT2D eigenvalue weighted by molar-refractivity contribution is -0.142. The number of carbonyl (C=O) groups is 1. The molecule has 5 heteroatoms. The van der Waals surface area contributed by atoms with Gasteiger partial charge in [-0.2, -0.15) is 0 Å². The van der Waals surface area contributed by atoms with E-state index >= 15 is 0 Å². The van der Waals surface area contributed by atoms with Crippen LogP contribution in [0.4, 0.5) is 0 Å². The Morgan fingerprint density at radius 1 is 1.16 bits per heavy atom. The molecule has 0 atom stereocenters. The molecule has 104 valence electrons. The Morgan fingerprint density at radius 2 is 1.68 bits per heavy atom. The molecule has 0 unspecified atom stereocenters. The molecule has 19 heavy (non-hydrogen) atoms. The van der Waals surface area contributed by atoms with Crippen molar-refractivity contribution in [3.63, 3.8) is 0 Å². The van der Waals surface area contributed by atoms with Crippen LogP contribution < -0.4 is 0 Å². The number of esters is 1. The molecule has 0 fully saturated rings. The molecule has 3 nitrogen and oxygen atoms in total. The van der Waals surface area contributed by atoms with Crippen LogP contribution in [0.1, 0.15) is 27.8 Å². The third-order valence-corrected chi connectivity index (χ3v) is 4.49. The second kappa shape index (κ2) is 8.09. The molecule has 0 aliphatic heterocycles. The van der Waals surface area contributed by atoms with Crippen molar-refractivity contribution in [2.75, 3.05) is 0 Å². The highest BCUT2D eigenvalue weighted by Gasteiger charge is 2.00. The fraction of sp³-hybridized carbons (Fsp3) is 0.357. The highest BCUT2D eigenvalue weighted by Crippen LogP contribution is 2.16. The van der Waals surface area contributed by atoms with Gasteiger partial charge in [-0.15, -0.1) is 22.7 Å². The van der Waals surface area contributed by atoms with Gasteiger partial charge in [0.1, 0.15) is 6.61 Å². The van der Waals surface area contributed by atoms with Crippen LogP contribution in [-0.2, 0) is 22.7 Å². The van der Waals surface area contributed by atoms with Crippen molar-refractivity contribution in [2.45, 2.75) is 34.0 Å². The van der Waals surface area contributed by atoms with Crippen LogP contribution in [0.3, 0.4) is 0 Å². The van der Waals surface area contributed by atoms with Crippen molar-refractivity contribution >= 4 is 28.6 Å². The fourth-order valence-corrected chi connectivity index (χ4v) is 2.87. The first-order chi connectivity index (χ1) is 9.04. The summed E-state index contributed by atoms with van der Waals surface area (Å²) in [6, 6.07) is 4.03. The largest absolute Gasteiger partial charge is 0.460 e. The minimum absolute atomic E-state index is 0.184. The normalized spacial score (nSPS) is 9.68. The zero-order valence-electron chi connectivity index (χ0n) is 11.3. The molecule has 2 rings (SSSR count). The molecule has 2 aromatic rings. The third-order valence-electron chi connectivity index (χ3n) is 2.49. The summed E-state index contributed by atoms with van der Waals surface area (Å²) >= 11 is 3.21. The molecular weight excluding hydrogens is 280 g/mol. The summed E-state index contributed by atoms with van der Waals surface area (Å²) in [5, 5.41) is 12.6.